The van der Waals surface area contributed by atoms with E-state index in [0.29, 0.717) is 12.3 Å². The standard InChI is InChI=1S/C13H15F2NO/c14-12-2-1-3-13(15)11(12)7-10(17)6-9-4-5-16-8-9/h1-3,9,16H,4-8H2. The summed E-state index contributed by atoms with van der Waals surface area (Å²) in [5.74, 6) is -1.05. The third-order valence-electron chi connectivity index (χ3n) is 3.11. The maximum atomic E-state index is 13.3. The molecule has 17 heavy (non-hydrogen) atoms. The average Bonchev–Trinajstić information content (AvgIpc) is 2.76. The van der Waals surface area contributed by atoms with Gasteiger partial charge in [-0.3, -0.25) is 4.79 Å². The van der Waals surface area contributed by atoms with Crippen LogP contribution in [0.4, 0.5) is 8.78 Å². The second-order valence-corrected chi connectivity index (χ2v) is 4.48. The number of carbonyl (C=O) groups excluding carboxylic acids is 1. The van der Waals surface area contributed by atoms with Crippen molar-refractivity contribution < 1.29 is 13.6 Å². The van der Waals surface area contributed by atoms with Gasteiger partial charge in [0, 0.05) is 18.4 Å². The molecule has 1 heterocycles. The van der Waals surface area contributed by atoms with E-state index in [4.69, 9.17) is 0 Å². The van der Waals surface area contributed by atoms with Gasteiger partial charge in [-0.2, -0.15) is 0 Å². The van der Waals surface area contributed by atoms with Crippen LogP contribution >= 0.6 is 0 Å². The molecule has 0 aromatic heterocycles. The summed E-state index contributed by atoms with van der Waals surface area (Å²) in [6.45, 7) is 1.75. The van der Waals surface area contributed by atoms with Crippen LogP contribution in [0.15, 0.2) is 18.2 Å². The van der Waals surface area contributed by atoms with E-state index in [1.807, 2.05) is 0 Å². The van der Waals surface area contributed by atoms with Crippen molar-refractivity contribution in [3.8, 4) is 0 Å². The summed E-state index contributed by atoms with van der Waals surface area (Å²) in [7, 11) is 0. The van der Waals surface area contributed by atoms with Gasteiger partial charge in [0.05, 0.1) is 0 Å². The largest absolute Gasteiger partial charge is 0.316 e. The molecule has 0 amide bonds. The van der Waals surface area contributed by atoms with E-state index >= 15 is 0 Å². The zero-order chi connectivity index (χ0) is 12.3. The second kappa shape index (κ2) is 5.36. The minimum absolute atomic E-state index is 0.0947. The fourth-order valence-electron chi connectivity index (χ4n) is 2.18. The minimum Gasteiger partial charge on any atom is -0.316 e. The fraction of sp³-hybridized carbons (Fsp3) is 0.462. The van der Waals surface area contributed by atoms with Crippen molar-refractivity contribution in [1.29, 1.82) is 0 Å². The molecule has 1 aliphatic rings. The van der Waals surface area contributed by atoms with Crippen LogP contribution in [0.3, 0.4) is 0 Å². The van der Waals surface area contributed by atoms with E-state index < -0.39 is 11.6 Å². The van der Waals surface area contributed by atoms with Gasteiger partial charge in [-0.15, -0.1) is 0 Å². The molecule has 0 aliphatic carbocycles. The summed E-state index contributed by atoms with van der Waals surface area (Å²) < 4.78 is 26.6. The molecule has 92 valence electrons. The molecule has 2 nitrogen and oxygen atoms in total. The minimum atomic E-state index is -0.636. The molecule has 1 aliphatic heterocycles. The first-order chi connectivity index (χ1) is 8.16. The Hall–Kier alpha value is -1.29. The van der Waals surface area contributed by atoms with Gasteiger partial charge < -0.3 is 5.32 Å². The maximum absolute atomic E-state index is 13.3. The summed E-state index contributed by atoms with van der Waals surface area (Å²) in [6.07, 6.45) is 1.22. The summed E-state index contributed by atoms with van der Waals surface area (Å²) in [6, 6.07) is 3.67. The van der Waals surface area contributed by atoms with Crippen LogP contribution < -0.4 is 5.32 Å². The number of benzene rings is 1. The van der Waals surface area contributed by atoms with Gasteiger partial charge in [-0.1, -0.05) is 6.07 Å². The van der Waals surface area contributed by atoms with Gasteiger partial charge in [-0.05, 0) is 37.6 Å². The van der Waals surface area contributed by atoms with Crippen LogP contribution in [-0.4, -0.2) is 18.9 Å². The SMILES string of the molecule is O=C(Cc1c(F)cccc1F)CC1CCNC1. The highest BCUT2D eigenvalue weighted by Gasteiger charge is 2.20. The lowest BCUT2D eigenvalue weighted by atomic mass is 9.97. The molecule has 4 heteroatoms. The van der Waals surface area contributed by atoms with Gasteiger partial charge in [0.2, 0.25) is 0 Å². The topological polar surface area (TPSA) is 29.1 Å². The Morgan fingerprint density at radius 3 is 2.65 bits per heavy atom. The summed E-state index contributed by atoms with van der Waals surface area (Å²) in [4.78, 5) is 11.7. The molecule has 1 atom stereocenters. The van der Waals surface area contributed by atoms with Crippen LogP contribution in [0.5, 0.6) is 0 Å². The molecule has 1 aromatic rings. The van der Waals surface area contributed by atoms with Crippen molar-refractivity contribution in [3.05, 3.63) is 35.4 Å². The van der Waals surface area contributed by atoms with Crippen LogP contribution in [0, 0.1) is 17.6 Å². The highest BCUT2D eigenvalue weighted by Crippen LogP contribution is 2.17. The third kappa shape index (κ3) is 3.09. The molecule has 0 spiro atoms. The fourth-order valence-corrected chi connectivity index (χ4v) is 2.18. The van der Waals surface area contributed by atoms with Crippen LogP contribution in [0.25, 0.3) is 0 Å². The molecular formula is C13H15F2NO. The average molecular weight is 239 g/mol. The molecule has 0 saturated carbocycles. The molecule has 1 unspecified atom stereocenters. The first kappa shape index (κ1) is 12.2. The lowest BCUT2D eigenvalue weighted by Gasteiger charge is -2.08. The van der Waals surface area contributed by atoms with E-state index in [1.165, 1.54) is 18.2 Å². The van der Waals surface area contributed by atoms with Crippen molar-refractivity contribution in [2.45, 2.75) is 19.3 Å². The van der Waals surface area contributed by atoms with Gasteiger partial charge in [0.15, 0.2) is 0 Å². The summed E-state index contributed by atoms with van der Waals surface area (Å²) in [5.41, 5.74) is -0.108. The number of rotatable bonds is 4. The monoisotopic (exact) mass is 239 g/mol. The van der Waals surface area contributed by atoms with E-state index in [-0.39, 0.29) is 17.8 Å². The molecule has 1 saturated heterocycles. The Bertz CT molecular complexity index is 394. The third-order valence-corrected chi connectivity index (χ3v) is 3.11. The Labute approximate surface area is 99.0 Å². The van der Waals surface area contributed by atoms with Gasteiger partial charge in [0.25, 0.3) is 0 Å². The number of halogens is 2. The molecule has 2 rings (SSSR count). The predicted molar refractivity (Wildman–Crippen MR) is 60.7 cm³/mol. The summed E-state index contributed by atoms with van der Waals surface area (Å²) in [5, 5.41) is 3.16. The van der Waals surface area contributed by atoms with E-state index in [1.54, 1.807) is 0 Å². The predicted octanol–water partition coefficient (Wildman–Crippen LogP) is 2.08. The first-order valence-electron chi connectivity index (χ1n) is 5.82. The van der Waals surface area contributed by atoms with E-state index in [9.17, 15) is 13.6 Å². The summed E-state index contributed by atoms with van der Waals surface area (Å²) >= 11 is 0. The molecular weight excluding hydrogens is 224 g/mol. The normalized spacial score (nSPS) is 19.5. The quantitative estimate of drug-likeness (QED) is 0.871. The Morgan fingerprint density at radius 1 is 1.35 bits per heavy atom. The number of carbonyl (C=O) groups is 1. The lowest BCUT2D eigenvalue weighted by molar-refractivity contribution is -0.119. The van der Waals surface area contributed by atoms with Crippen molar-refractivity contribution in [2.24, 2.45) is 5.92 Å². The van der Waals surface area contributed by atoms with Crippen LogP contribution in [0.1, 0.15) is 18.4 Å². The van der Waals surface area contributed by atoms with Crippen molar-refractivity contribution in [3.63, 3.8) is 0 Å². The molecule has 1 fully saturated rings. The van der Waals surface area contributed by atoms with Gasteiger partial charge in [0.1, 0.15) is 17.4 Å². The molecule has 0 bridgehead atoms. The van der Waals surface area contributed by atoms with Gasteiger partial charge >= 0.3 is 0 Å². The smallest absolute Gasteiger partial charge is 0.137 e. The zero-order valence-electron chi connectivity index (χ0n) is 9.51. The van der Waals surface area contributed by atoms with E-state index in [2.05, 4.69) is 5.32 Å². The van der Waals surface area contributed by atoms with Crippen molar-refractivity contribution >= 4 is 5.78 Å². The molecule has 0 radical (unpaired) electrons. The lowest BCUT2D eigenvalue weighted by Crippen LogP contribution is -2.15. The first-order valence-corrected chi connectivity index (χ1v) is 5.82. The molecule has 1 N–H and O–H groups in total. The highest BCUT2D eigenvalue weighted by atomic mass is 19.1. The zero-order valence-corrected chi connectivity index (χ0v) is 9.51. The Kier molecular flexibility index (Phi) is 3.84. The number of hydrogen-bond acceptors (Lipinski definition) is 2. The van der Waals surface area contributed by atoms with E-state index in [0.717, 1.165) is 19.5 Å². The highest BCUT2D eigenvalue weighted by molar-refractivity contribution is 5.81. The van der Waals surface area contributed by atoms with Crippen molar-refractivity contribution in [2.75, 3.05) is 13.1 Å². The van der Waals surface area contributed by atoms with Gasteiger partial charge in [-0.25, -0.2) is 8.78 Å². The number of nitrogens with one attached hydrogen (secondary N) is 1. The number of Topliss-reactive ketones (excluding diaryl/α,β-unsaturated/α-hetero) is 1. The number of hydrogen-bond donors (Lipinski definition) is 1. The van der Waals surface area contributed by atoms with Crippen molar-refractivity contribution in [1.82, 2.24) is 5.32 Å². The number of ketones is 1. The van der Waals surface area contributed by atoms with Crippen LogP contribution in [-0.2, 0) is 11.2 Å². The second-order valence-electron chi connectivity index (χ2n) is 4.48. The Morgan fingerprint density at radius 2 is 2.06 bits per heavy atom. The molecule has 1 aromatic carbocycles. The van der Waals surface area contributed by atoms with Crippen LogP contribution in [0.2, 0.25) is 0 Å². The Balaban J connectivity index is 1.97. The maximum Gasteiger partial charge on any atom is 0.137 e.